The molecule has 6 heteroatoms. The molecule has 0 spiro atoms. The van der Waals surface area contributed by atoms with Crippen molar-refractivity contribution in [1.82, 2.24) is 0 Å². The number of allylic oxidation sites excluding steroid dienone is 26. The maximum atomic E-state index is 12.8. The molecule has 0 aromatic carbocycles. The van der Waals surface area contributed by atoms with E-state index in [4.69, 9.17) is 14.2 Å². The largest absolute Gasteiger partial charge is 0.462 e. The third kappa shape index (κ3) is 55.8. The predicted octanol–water partition coefficient (Wildman–Crippen LogP) is 19.0. The molecule has 1 unspecified atom stereocenters. The minimum absolute atomic E-state index is 0.128. The van der Waals surface area contributed by atoms with E-state index in [1.165, 1.54) is 25.7 Å². The van der Waals surface area contributed by atoms with Crippen LogP contribution in [0, 0.1) is 0 Å². The van der Waals surface area contributed by atoms with Gasteiger partial charge in [0.25, 0.3) is 0 Å². The summed E-state index contributed by atoms with van der Waals surface area (Å²) in [6.45, 7) is 6.26. The van der Waals surface area contributed by atoms with Crippen molar-refractivity contribution in [3.05, 3.63) is 158 Å². The molecule has 0 radical (unpaired) electrons. The lowest BCUT2D eigenvalue weighted by Crippen LogP contribution is -2.30. The van der Waals surface area contributed by atoms with Crippen LogP contribution in [0.3, 0.4) is 0 Å². The Kier molecular flexibility index (Phi) is 53.6. The van der Waals surface area contributed by atoms with E-state index in [2.05, 4.69) is 179 Å². The fourth-order valence-corrected chi connectivity index (χ4v) is 6.86. The van der Waals surface area contributed by atoms with Gasteiger partial charge in [-0.3, -0.25) is 14.4 Å². The van der Waals surface area contributed by atoms with Gasteiger partial charge in [0.1, 0.15) is 13.2 Å². The molecule has 0 aliphatic carbocycles. The highest BCUT2D eigenvalue weighted by atomic mass is 16.6. The van der Waals surface area contributed by atoms with Crippen LogP contribution >= 0.6 is 0 Å². The predicted molar refractivity (Wildman–Crippen MR) is 306 cm³/mol. The van der Waals surface area contributed by atoms with Crippen molar-refractivity contribution < 1.29 is 28.6 Å². The van der Waals surface area contributed by atoms with Crippen LogP contribution in [0.4, 0.5) is 0 Å². The molecule has 0 bridgehead atoms. The van der Waals surface area contributed by atoms with Crippen molar-refractivity contribution in [3.8, 4) is 0 Å². The molecule has 0 heterocycles. The lowest BCUT2D eigenvalue weighted by molar-refractivity contribution is -0.167. The third-order valence-corrected chi connectivity index (χ3v) is 11.0. The highest BCUT2D eigenvalue weighted by molar-refractivity contribution is 5.71. The lowest BCUT2D eigenvalue weighted by Gasteiger charge is -2.18. The van der Waals surface area contributed by atoms with Gasteiger partial charge in [0.2, 0.25) is 0 Å². The van der Waals surface area contributed by atoms with E-state index in [0.29, 0.717) is 19.3 Å². The van der Waals surface area contributed by atoms with E-state index < -0.39 is 6.10 Å². The zero-order chi connectivity index (χ0) is 51.4. The summed E-state index contributed by atoms with van der Waals surface area (Å²) in [5.41, 5.74) is 0. The molecule has 0 fully saturated rings. The SMILES string of the molecule is CC/C=C\C/C=C\C/C=C\C/C=C\C/C=C\C/C=C\C/C=C\CCCC(=O)OCC(COC(=O)CCCCCCC/C=C\C/C=C\CCCCC)OC(=O)CCCC/C=C\C/C=C\C/C=C\C/C=C\CC. The van der Waals surface area contributed by atoms with Gasteiger partial charge in [-0.2, -0.15) is 0 Å². The highest BCUT2D eigenvalue weighted by Gasteiger charge is 2.19. The van der Waals surface area contributed by atoms with Crippen LogP contribution in [0.1, 0.15) is 213 Å². The van der Waals surface area contributed by atoms with Crippen LogP contribution in [-0.4, -0.2) is 37.2 Å². The maximum Gasteiger partial charge on any atom is 0.306 e. The summed E-state index contributed by atoms with van der Waals surface area (Å²) in [5, 5.41) is 0. The fraction of sp³-hybridized carbons (Fsp3) is 0.554. The van der Waals surface area contributed by atoms with Crippen molar-refractivity contribution >= 4 is 17.9 Å². The number of rotatable bonds is 48. The van der Waals surface area contributed by atoms with Crippen molar-refractivity contribution in [2.24, 2.45) is 0 Å². The van der Waals surface area contributed by atoms with Crippen molar-refractivity contribution in [2.75, 3.05) is 13.2 Å². The Balaban J connectivity index is 4.58. The number of carbonyl (C=O) groups is 3. The molecule has 71 heavy (non-hydrogen) atoms. The Hall–Kier alpha value is -4.97. The van der Waals surface area contributed by atoms with E-state index >= 15 is 0 Å². The molecular weight excluding hydrogens is 877 g/mol. The summed E-state index contributed by atoms with van der Waals surface area (Å²) in [6.07, 6.45) is 83.8. The zero-order valence-electron chi connectivity index (χ0n) is 45.2. The van der Waals surface area contributed by atoms with Gasteiger partial charge in [-0.25, -0.2) is 0 Å². The van der Waals surface area contributed by atoms with Crippen LogP contribution < -0.4 is 0 Å². The highest BCUT2D eigenvalue weighted by Crippen LogP contribution is 2.11. The normalized spacial score (nSPS) is 13.3. The summed E-state index contributed by atoms with van der Waals surface area (Å²) < 4.78 is 16.7. The molecule has 0 aliphatic rings. The Morgan fingerprint density at radius 2 is 0.563 bits per heavy atom. The Bertz CT molecular complexity index is 1640. The van der Waals surface area contributed by atoms with E-state index in [9.17, 15) is 14.4 Å². The molecule has 0 N–H and O–H groups in total. The lowest BCUT2D eigenvalue weighted by atomic mass is 10.1. The molecule has 0 aromatic rings. The first kappa shape index (κ1) is 66.0. The monoisotopic (exact) mass is 977 g/mol. The quantitative estimate of drug-likeness (QED) is 0.0262. The Morgan fingerprint density at radius 3 is 0.944 bits per heavy atom. The number of hydrogen-bond acceptors (Lipinski definition) is 6. The molecule has 0 aliphatic heterocycles. The van der Waals surface area contributed by atoms with Gasteiger partial charge in [-0.05, 0) is 141 Å². The minimum Gasteiger partial charge on any atom is -0.462 e. The first-order valence-corrected chi connectivity index (χ1v) is 28.0. The molecule has 0 amide bonds. The van der Waals surface area contributed by atoms with Crippen molar-refractivity contribution in [3.63, 3.8) is 0 Å². The van der Waals surface area contributed by atoms with Crippen LogP contribution in [0.25, 0.3) is 0 Å². The van der Waals surface area contributed by atoms with Gasteiger partial charge in [-0.15, -0.1) is 0 Å². The second kappa shape index (κ2) is 57.6. The van der Waals surface area contributed by atoms with Crippen LogP contribution in [0.15, 0.2) is 158 Å². The van der Waals surface area contributed by atoms with Gasteiger partial charge in [-0.1, -0.05) is 211 Å². The summed E-state index contributed by atoms with van der Waals surface area (Å²) >= 11 is 0. The topological polar surface area (TPSA) is 78.9 Å². The standard InChI is InChI=1S/C65H100O6/c1-4-7-10-13-16-19-22-25-28-29-30-31-32-33-34-35-38-40-43-46-49-52-55-58-64(67)70-61-62(71-65(68)59-56-53-50-47-44-41-37-27-24-21-18-15-12-9-6-3)60-69-63(66)57-54-51-48-45-42-39-36-26-23-20-17-14-11-8-5-2/h7,9-10,12,16-21,25-28,30-31,33-34,36-38,40,44,46-47,49,62H,4-6,8,11,13-15,22-24,29,32,35,39,41-43,45,48,50-61H2,1-3H3/b10-7-,12-9-,19-16-,20-17-,21-18-,28-25-,31-30-,34-33-,36-26-,37-27-,40-38-,47-44-,49-46-. The Labute approximate surface area is 435 Å². The van der Waals surface area contributed by atoms with Crippen molar-refractivity contribution in [2.45, 2.75) is 219 Å². The molecule has 0 saturated heterocycles. The molecule has 0 aromatic heterocycles. The van der Waals surface area contributed by atoms with Gasteiger partial charge in [0.15, 0.2) is 6.10 Å². The molecular formula is C65H100O6. The van der Waals surface area contributed by atoms with Gasteiger partial charge < -0.3 is 14.2 Å². The smallest absolute Gasteiger partial charge is 0.306 e. The molecule has 0 saturated carbocycles. The third-order valence-electron chi connectivity index (χ3n) is 11.0. The average Bonchev–Trinajstić information content (AvgIpc) is 3.37. The zero-order valence-corrected chi connectivity index (χ0v) is 45.2. The van der Waals surface area contributed by atoms with Gasteiger partial charge in [0, 0.05) is 19.3 Å². The number of esters is 3. The summed E-state index contributed by atoms with van der Waals surface area (Å²) in [5.74, 6) is -1.05. The van der Waals surface area contributed by atoms with Gasteiger partial charge in [0.05, 0.1) is 0 Å². The maximum absolute atomic E-state index is 12.8. The van der Waals surface area contributed by atoms with Crippen molar-refractivity contribution in [1.29, 1.82) is 0 Å². The number of unbranched alkanes of at least 4 members (excludes halogenated alkanes) is 11. The Morgan fingerprint density at radius 1 is 0.296 bits per heavy atom. The minimum atomic E-state index is -0.837. The summed E-state index contributed by atoms with van der Waals surface area (Å²) in [4.78, 5) is 38.1. The summed E-state index contributed by atoms with van der Waals surface area (Å²) in [6, 6.07) is 0. The van der Waals surface area contributed by atoms with Crippen LogP contribution in [-0.2, 0) is 28.6 Å². The number of ether oxygens (including phenoxy) is 3. The second-order valence-corrected chi connectivity index (χ2v) is 17.7. The molecule has 0 rings (SSSR count). The second-order valence-electron chi connectivity index (χ2n) is 17.7. The fourth-order valence-electron chi connectivity index (χ4n) is 6.86. The first-order valence-electron chi connectivity index (χ1n) is 28.0. The van der Waals surface area contributed by atoms with E-state index in [1.807, 2.05) is 0 Å². The average molecular weight is 978 g/mol. The molecule has 1 atom stereocenters. The summed E-state index contributed by atoms with van der Waals surface area (Å²) in [7, 11) is 0. The van der Waals surface area contributed by atoms with E-state index in [1.54, 1.807) is 0 Å². The van der Waals surface area contributed by atoms with Crippen LogP contribution in [0.5, 0.6) is 0 Å². The molecule has 6 nitrogen and oxygen atoms in total. The van der Waals surface area contributed by atoms with E-state index in [0.717, 1.165) is 135 Å². The number of hydrogen-bond donors (Lipinski definition) is 0. The first-order chi connectivity index (χ1) is 35.0. The van der Waals surface area contributed by atoms with E-state index in [-0.39, 0.29) is 44.0 Å². The van der Waals surface area contributed by atoms with Gasteiger partial charge >= 0.3 is 17.9 Å². The number of carbonyl (C=O) groups excluding carboxylic acids is 3. The van der Waals surface area contributed by atoms with Crippen LogP contribution in [0.2, 0.25) is 0 Å². The molecule has 396 valence electrons.